The Morgan fingerprint density at radius 2 is 1.91 bits per heavy atom. The summed E-state index contributed by atoms with van der Waals surface area (Å²) in [5, 5.41) is 12.1. The first-order valence-corrected chi connectivity index (χ1v) is 11.1. The molecule has 0 radical (unpaired) electrons. The molecule has 1 unspecified atom stereocenters. The fourth-order valence-electron chi connectivity index (χ4n) is 3.81. The highest BCUT2D eigenvalue weighted by atomic mass is 35.5. The average molecular weight is 478 g/mol. The highest BCUT2D eigenvalue weighted by Gasteiger charge is 2.48. The number of aliphatic hydroxyl groups excluding tert-OH is 1. The predicted molar refractivity (Wildman–Crippen MR) is 127 cm³/mol. The lowest BCUT2D eigenvalue weighted by atomic mass is 9.96. The van der Waals surface area contributed by atoms with Crippen molar-refractivity contribution >= 4 is 55.7 Å². The zero-order valence-electron chi connectivity index (χ0n) is 17.2. The highest BCUT2D eigenvalue weighted by Crippen LogP contribution is 2.44. The van der Waals surface area contributed by atoms with Gasteiger partial charge >= 0.3 is 5.91 Å². The molecule has 1 aliphatic heterocycles. The maximum absolute atomic E-state index is 13.2. The van der Waals surface area contributed by atoms with Crippen molar-refractivity contribution in [2.45, 2.75) is 6.04 Å². The number of methoxy groups -OCH3 is 1. The Morgan fingerprint density at radius 3 is 2.67 bits per heavy atom. The van der Waals surface area contributed by atoms with Crippen LogP contribution in [-0.2, 0) is 9.59 Å². The van der Waals surface area contributed by atoms with Gasteiger partial charge in [-0.25, -0.2) is 4.98 Å². The van der Waals surface area contributed by atoms with Gasteiger partial charge < -0.3 is 9.84 Å². The van der Waals surface area contributed by atoms with Crippen LogP contribution in [0.4, 0.5) is 5.13 Å². The van der Waals surface area contributed by atoms with E-state index in [1.807, 2.05) is 0 Å². The zero-order valence-corrected chi connectivity index (χ0v) is 18.8. The molecule has 33 heavy (non-hydrogen) atoms. The summed E-state index contributed by atoms with van der Waals surface area (Å²) in [6.45, 7) is 0. The molecule has 2 aromatic heterocycles. The van der Waals surface area contributed by atoms with Gasteiger partial charge in [0.25, 0.3) is 5.78 Å². The number of carbonyl (C=O) groups is 2. The third kappa shape index (κ3) is 3.63. The van der Waals surface area contributed by atoms with E-state index in [4.69, 9.17) is 16.3 Å². The first-order valence-electron chi connectivity index (χ1n) is 9.89. The molecule has 5 rings (SSSR count). The van der Waals surface area contributed by atoms with Crippen LogP contribution >= 0.6 is 22.9 Å². The number of pyridine rings is 1. The molecule has 0 spiro atoms. The lowest BCUT2D eigenvalue weighted by Crippen LogP contribution is -2.29. The van der Waals surface area contributed by atoms with Gasteiger partial charge in [0.15, 0.2) is 5.13 Å². The minimum absolute atomic E-state index is 0.0308. The molecule has 0 aliphatic carbocycles. The second-order valence-corrected chi connectivity index (χ2v) is 8.74. The van der Waals surface area contributed by atoms with Crippen molar-refractivity contribution in [3.05, 3.63) is 88.7 Å². The number of hydrogen-bond acceptors (Lipinski definition) is 7. The van der Waals surface area contributed by atoms with Gasteiger partial charge in [0.1, 0.15) is 11.5 Å². The fraction of sp³-hybridized carbons (Fsp3) is 0.0833. The van der Waals surface area contributed by atoms with Crippen LogP contribution in [-0.4, -0.2) is 33.9 Å². The molecule has 7 nitrogen and oxygen atoms in total. The van der Waals surface area contributed by atoms with Crippen molar-refractivity contribution in [2.75, 3.05) is 12.0 Å². The molecule has 1 atom stereocenters. The van der Waals surface area contributed by atoms with Gasteiger partial charge in [-0.2, -0.15) is 0 Å². The Morgan fingerprint density at radius 1 is 1.12 bits per heavy atom. The van der Waals surface area contributed by atoms with Crippen molar-refractivity contribution in [3.8, 4) is 5.75 Å². The molecule has 0 saturated carbocycles. The Kier molecular flexibility index (Phi) is 5.32. The first-order chi connectivity index (χ1) is 16.0. The molecule has 2 aromatic carbocycles. The third-order valence-electron chi connectivity index (χ3n) is 5.35. The van der Waals surface area contributed by atoms with Crippen LogP contribution in [0.15, 0.2) is 72.6 Å². The first kappa shape index (κ1) is 21.1. The van der Waals surface area contributed by atoms with Crippen LogP contribution < -0.4 is 9.64 Å². The summed E-state index contributed by atoms with van der Waals surface area (Å²) in [4.78, 5) is 36.4. The molecule has 0 bridgehead atoms. The molecular formula is C24H16ClN3O4S. The number of thiazole rings is 1. The molecule has 1 amide bonds. The van der Waals surface area contributed by atoms with Crippen molar-refractivity contribution < 1.29 is 19.4 Å². The average Bonchev–Trinajstić information content (AvgIpc) is 3.37. The standard InChI is InChI=1S/C24H16ClN3O4S/c1-32-16-4-2-3-14(11-16)21(29)19-20(13-7-9-26-10-8-13)28(23(31)22(19)30)24-27-17-6-5-15(25)12-18(17)33-24/h2-12,20,29H,1H3/b21-19+. The maximum atomic E-state index is 13.2. The van der Waals surface area contributed by atoms with Crippen LogP contribution in [0.1, 0.15) is 17.2 Å². The maximum Gasteiger partial charge on any atom is 0.301 e. The molecule has 9 heteroatoms. The van der Waals surface area contributed by atoms with E-state index < -0.39 is 17.7 Å². The molecule has 1 fully saturated rings. The van der Waals surface area contributed by atoms with Crippen molar-refractivity contribution in [3.63, 3.8) is 0 Å². The van der Waals surface area contributed by atoms with E-state index in [1.54, 1.807) is 67.0 Å². The minimum atomic E-state index is -0.879. The van der Waals surface area contributed by atoms with E-state index >= 15 is 0 Å². The van der Waals surface area contributed by atoms with E-state index in [0.717, 1.165) is 4.70 Å². The topological polar surface area (TPSA) is 92.6 Å². The highest BCUT2D eigenvalue weighted by molar-refractivity contribution is 7.22. The zero-order chi connectivity index (χ0) is 23.1. The van der Waals surface area contributed by atoms with Gasteiger partial charge in [-0.05, 0) is 48.0 Å². The number of rotatable bonds is 4. The van der Waals surface area contributed by atoms with Gasteiger partial charge in [0.05, 0.1) is 28.9 Å². The summed E-state index contributed by atoms with van der Waals surface area (Å²) in [6, 6.07) is 14.4. The number of ketones is 1. The van der Waals surface area contributed by atoms with E-state index in [2.05, 4.69) is 9.97 Å². The molecule has 1 N–H and O–H groups in total. The number of fused-ring (bicyclic) bond motifs is 1. The van der Waals surface area contributed by atoms with Crippen LogP contribution in [0.25, 0.3) is 16.0 Å². The number of aromatic nitrogens is 2. The Balaban J connectivity index is 1.72. The SMILES string of the molecule is COc1cccc(/C(O)=C2\C(=O)C(=O)N(c3nc4ccc(Cl)cc4s3)C2c2ccncc2)c1. The number of Topliss-reactive ketones (excluding diaryl/α,β-unsaturated/α-hetero) is 1. The smallest absolute Gasteiger partial charge is 0.301 e. The van der Waals surface area contributed by atoms with E-state index in [9.17, 15) is 14.7 Å². The number of benzene rings is 2. The van der Waals surface area contributed by atoms with Crippen molar-refractivity contribution in [2.24, 2.45) is 0 Å². The summed E-state index contributed by atoms with van der Waals surface area (Å²) in [7, 11) is 1.51. The molecular weight excluding hydrogens is 462 g/mol. The van der Waals surface area contributed by atoms with Crippen molar-refractivity contribution in [1.29, 1.82) is 0 Å². The fourth-order valence-corrected chi connectivity index (χ4v) is 5.07. The quantitative estimate of drug-likeness (QED) is 0.253. The summed E-state index contributed by atoms with van der Waals surface area (Å²) in [5.74, 6) is -1.35. The van der Waals surface area contributed by atoms with Crippen LogP contribution in [0, 0.1) is 0 Å². The second kappa shape index (κ2) is 8.31. The Labute approximate surface area is 197 Å². The van der Waals surface area contributed by atoms with Gasteiger partial charge in [-0.1, -0.05) is 35.1 Å². The van der Waals surface area contributed by atoms with E-state index in [1.165, 1.54) is 23.3 Å². The summed E-state index contributed by atoms with van der Waals surface area (Å²) in [6.07, 6.45) is 3.14. The molecule has 164 valence electrons. The number of anilines is 1. The molecule has 3 heterocycles. The summed E-state index contributed by atoms with van der Waals surface area (Å²) in [5.41, 5.74) is 1.60. The number of ether oxygens (including phenoxy) is 1. The predicted octanol–water partition coefficient (Wildman–Crippen LogP) is 4.98. The molecule has 1 saturated heterocycles. The van der Waals surface area contributed by atoms with E-state index in [0.29, 0.717) is 32.5 Å². The number of hydrogen-bond donors (Lipinski definition) is 1. The number of amides is 1. The second-order valence-electron chi connectivity index (χ2n) is 7.29. The van der Waals surface area contributed by atoms with Crippen LogP contribution in [0.3, 0.4) is 0 Å². The van der Waals surface area contributed by atoms with Crippen LogP contribution in [0.2, 0.25) is 5.02 Å². The molecule has 1 aliphatic rings. The number of halogens is 1. The Bertz CT molecular complexity index is 1430. The van der Waals surface area contributed by atoms with Gasteiger partial charge in [0, 0.05) is 23.0 Å². The minimum Gasteiger partial charge on any atom is -0.507 e. The van der Waals surface area contributed by atoms with Gasteiger partial charge in [-0.15, -0.1) is 0 Å². The van der Waals surface area contributed by atoms with E-state index in [-0.39, 0.29) is 11.3 Å². The number of nitrogens with zero attached hydrogens (tertiary/aromatic N) is 3. The van der Waals surface area contributed by atoms with Gasteiger partial charge in [-0.3, -0.25) is 19.5 Å². The lowest BCUT2D eigenvalue weighted by molar-refractivity contribution is -0.132. The monoisotopic (exact) mass is 477 g/mol. The summed E-state index contributed by atoms with van der Waals surface area (Å²) >= 11 is 7.35. The normalized spacial score (nSPS) is 17.6. The third-order valence-corrected chi connectivity index (χ3v) is 6.61. The Hall–Kier alpha value is -3.75. The largest absolute Gasteiger partial charge is 0.507 e. The lowest BCUT2D eigenvalue weighted by Gasteiger charge is -2.22. The van der Waals surface area contributed by atoms with Crippen molar-refractivity contribution in [1.82, 2.24) is 9.97 Å². The summed E-state index contributed by atoms with van der Waals surface area (Å²) < 4.78 is 6.02. The van der Waals surface area contributed by atoms with Gasteiger partial charge in [0.2, 0.25) is 0 Å². The number of aliphatic hydroxyl groups is 1. The number of carbonyl (C=O) groups excluding carboxylic acids is 2. The van der Waals surface area contributed by atoms with Crippen LogP contribution in [0.5, 0.6) is 5.75 Å². The molecule has 4 aromatic rings.